The van der Waals surface area contributed by atoms with E-state index in [1.165, 1.54) is 0 Å². The number of carbonyl (C=O) groups excluding carboxylic acids is 2. The number of fused-ring (bicyclic) bond motifs is 1. The average molecular weight is 433 g/mol. The molecule has 3 heterocycles. The maximum absolute atomic E-state index is 13.3. The van der Waals surface area contributed by atoms with Gasteiger partial charge in [-0.3, -0.25) is 9.59 Å². The SMILES string of the molecule is O=C(Nc1ccc(Nc2ncccn2)cc1)C(=O)c1c(-c2ccccc2)cc2ccccn12. The fraction of sp³-hybridized carbons (Fsp3) is 0. The lowest BCUT2D eigenvalue weighted by Gasteiger charge is -2.09. The second-order valence-corrected chi connectivity index (χ2v) is 7.33. The van der Waals surface area contributed by atoms with Gasteiger partial charge >= 0.3 is 0 Å². The Hall–Kier alpha value is -4.78. The molecule has 0 aliphatic carbocycles. The van der Waals surface area contributed by atoms with Gasteiger partial charge in [-0.15, -0.1) is 0 Å². The molecule has 0 unspecified atom stereocenters. The average Bonchev–Trinajstić information content (AvgIpc) is 3.25. The molecule has 33 heavy (non-hydrogen) atoms. The fourth-order valence-corrected chi connectivity index (χ4v) is 3.62. The van der Waals surface area contributed by atoms with E-state index in [1.807, 2.05) is 54.6 Å². The monoisotopic (exact) mass is 433 g/mol. The summed E-state index contributed by atoms with van der Waals surface area (Å²) < 4.78 is 1.75. The second kappa shape index (κ2) is 8.76. The highest BCUT2D eigenvalue weighted by Gasteiger charge is 2.24. The molecular formula is C26H19N5O2. The Balaban J connectivity index is 1.39. The first-order chi connectivity index (χ1) is 16.2. The number of nitrogens with one attached hydrogen (secondary N) is 2. The number of benzene rings is 2. The first-order valence-corrected chi connectivity index (χ1v) is 10.3. The van der Waals surface area contributed by atoms with Crippen LogP contribution in [0.3, 0.4) is 0 Å². The van der Waals surface area contributed by atoms with Crippen molar-refractivity contribution in [3.05, 3.63) is 109 Å². The molecule has 2 aromatic carbocycles. The quantitative estimate of drug-likeness (QED) is 0.292. The summed E-state index contributed by atoms with van der Waals surface area (Å²) >= 11 is 0. The standard InChI is InChI=1S/C26H19N5O2/c32-24(23-22(18-7-2-1-3-8-18)17-21-9-4-5-16-31(21)23)25(33)29-19-10-12-20(13-11-19)30-26-27-14-6-15-28-26/h1-17H,(H,29,33)(H,27,28,30). The number of aromatic nitrogens is 3. The topological polar surface area (TPSA) is 88.4 Å². The largest absolute Gasteiger partial charge is 0.324 e. The van der Waals surface area contributed by atoms with Crippen LogP contribution in [-0.4, -0.2) is 26.1 Å². The van der Waals surface area contributed by atoms with Crippen molar-refractivity contribution in [3.63, 3.8) is 0 Å². The minimum absolute atomic E-state index is 0.328. The summed E-state index contributed by atoms with van der Waals surface area (Å²) in [6.07, 6.45) is 5.07. The summed E-state index contributed by atoms with van der Waals surface area (Å²) in [5.74, 6) is -0.846. The van der Waals surface area contributed by atoms with Crippen molar-refractivity contribution in [1.29, 1.82) is 0 Å². The van der Waals surface area contributed by atoms with Crippen molar-refractivity contribution in [2.75, 3.05) is 10.6 Å². The summed E-state index contributed by atoms with van der Waals surface area (Å²) in [4.78, 5) is 34.4. The highest BCUT2D eigenvalue weighted by molar-refractivity contribution is 6.47. The number of rotatable bonds is 6. The molecule has 0 saturated carbocycles. The Morgan fingerprint density at radius 2 is 1.45 bits per heavy atom. The van der Waals surface area contributed by atoms with Crippen molar-refractivity contribution in [2.24, 2.45) is 0 Å². The third-order valence-electron chi connectivity index (χ3n) is 5.15. The van der Waals surface area contributed by atoms with E-state index in [-0.39, 0.29) is 0 Å². The van der Waals surface area contributed by atoms with Crippen molar-refractivity contribution >= 4 is 34.5 Å². The number of hydrogen-bond donors (Lipinski definition) is 2. The number of Topliss-reactive ketones (excluding diaryl/α,β-unsaturated/α-hetero) is 1. The summed E-state index contributed by atoms with van der Waals surface area (Å²) in [7, 11) is 0. The van der Waals surface area contributed by atoms with Crippen molar-refractivity contribution in [3.8, 4) is 11.1 Å². The predicted octanol–water partition coefficient (Wildman–Crippen LogP) is 4.96. The molecule has 3 aromatic heterocycles. The van der Waals surface area contributed by atoms with Gasteiger partial charge in [0.1, 0.15) is 5.69 Å². The zero-order valence-corrected chi connectivity index (χ0v) is 17.5. The number of amides is 1. The van der Waals surface area contributed by atoms with Gasteiger partial charge < -0.3 is 15.0 Å². The third-order valence-corrected chi connectivity index (χ3v) is 5.15. The zero-order chi connectivity index (χ0) is 22.6. The Morgan fingerprint density at radius 1 is 0.758 bits per heavy atom. The van der Waals surface area contributed by atoms with E-state index in [9.17, 15) is 9.59 Å². The number of nitrogens with zero attached hydrogens (tertiary/aromatic N) is 3. The molecular weight excluding hydrogens is 414 g/mol. The first-order valence-electron chi connectivity index (χ1n) is 10.3. The Kier molecular flexibility index (Phi) is 5.35. The number of hydrogen-bond acceptors (Lipinski definition) is 5. The number of ketones is 1. The summed E-state index contributed by atoms with van der Waals surface area (Å²) in [5, 5.41) is 5.77. The van der Waals surface area contributed by atoms with Gasteiger partial charge in [-0.25, -0.2) is 9.97 Å². The molecule has 5 rings (SSSR count). The first kappa shape index (κ1) is 20.1. The maximum atomic E-state index is 13.3. The van der Waals surface area contributed by atoms with Gasteiger partial charge in [0.25, 0.3) is 11.7 Å². The van der Waals surface area contributed by atoms with Crippen LogP contribution < -0.4 is 10.6 Å². The van der Waals surface area contributed by atoms with Crippen LogP contribution in [-0.2, 0) is 4.79 Å². The highest BCUT2D eigenvalue weighted by atomic mass is 16.2. The smallest absolute Gasteiger partial charge is 0.298 e. The van der Waals surface area contributed by atoms with Gasteiger partial charge in [0.15, 0.2) is 0 Å². The molecule has 1 amide bonds. The van der Waals surface area contributed by atoms with Crippen LogP contribution in [0.1, 0.15) is 10.5 Å². The van der Waals surface area contributed by atoms with E-state index in [4.69, 9.17) is 0 Å². The van der Waals surface area contributed by atoms with Gasteiger partial charge in [0, 0.05) is 41.0 Å². The van der Waals surface area contributed by atoms with Crippen LogP contribution >= 0.6 is 0 Å². The molecule has 7 heteroatoms. The van der Waals surface area contributed by atoms with Crippen molar-refractivity contribution in [1.82, 2.24) is 14.4 Å². The molecule has 160 valence electrons. The van der Waals surface area contributed by atoms with Gasteiger partial charge in [-0.1, -0.05) is 36.4 Å². The van der Waals surface area contributed by atoms with Crippen LogP contribution in [0.5, 0.6) is 0 Å². The lowest BCUT2D eigenvalue weighted by molar-refractivity contribution is -0.112. The van der Waals surface area contributed by atoms with E-state index in [1.54, 1.807) is 53.3 Å². The summed E-state index contributed by atoms with van der Waals surface area (Å²) in [6, 6.07) is 25.8. The lowest BCUT2D eigenvalue weighted by Crippen LogP contribution is -2.24. The lowest BCUT2D eigenvalue weighted by atomic mass is 10.0. The van der Waals surface area contributed by atoms with Gasteiger partial charge in [-0.05, 0) is 54.1 Å². The van der Waals surface area contributed by atoms with Crippen molar-refractivity contribution in [2.45, 2.75) is 0 Å². The van der Waals surface area contributed by atoms with Crippen LogP contribution in [0, 0.1) is 0 Å². The van der Waals surface area contributed by atoms with Crippen LogP contribution in [0.25, 0.3) is 16.6 Å². The van der Waals surface area contributed by atoms with Gasteiger partial charge in [-0.2, -0.15) is 0 Å². The Labute approximate surface area is 189 Å². The molecule has 7 nitrogen and oxygen atoms in total. The number of carbonyl (C=O) groups is 2. The molecule has 0 atom stereocenters. The summed E-state index contributed by atoms with van der Waals surface area (Å²) in [6.45, 7) is 0. The maximum Gasteiger partial charge on any atom is 0.298 e. The molecule has 0 aliphatic rings. The van der Waals surface area contributed by atoms with Gasteiger partial charge in [0.2, 0.25) is 5.95 Å². The fourth-order valence-electron chi connectivity index (χ4n) is 3.62. The normalized spacial score (nSPS) is 10.7. The molecule has 0 bridgehead atoms. The Morgan fingerprint density at radius 3 is 2.21 bits per heavy atom. The van der Waals surface area contributed by atoms with E-state index in [2.05, 4.69) is 20.6 Å². The third kappa shape index (κ3) is 4.20. The molecule has 0 radical (unpaired) electrons. The van der Waals surface area contributed by atoms with Gasteiger partial charge in [0.05, 0.1) is 0 Å². The highest BCUT2D eigenvalue weighted by Crippen LogP contribution is 2.28. The molecule has 0 aliphatic heterocycles. The molecule has 0 saturated heterocycles. The second-order valence-electron chi connectivity index (χ2n) is 7.33. The number of anilines is 3. The Bertz CT molecular complexity index is 1430. The van der Waals surface area contributed by atoms with Crippen molar-refractivity contribution < 1.29 is 9.59 Å². The van der Waals surface area contributed by atoms with E-state index in [0.717, 1.165) is 16.8 Å². The van der Waals surface area contributed by atoms with E-state index in [0.29, 0.717) is 22.9 Å². The molecule has 5 aromatic rings. The zero-order valence-electron chi connectivity index (χ0n) is 17.5. The summed E-state index contributed by atoms with van der Waals surface area (Å²) in [5.41, 5.74) is 4.02. The number of pyridine rings is 1. The minimum atomic E-state index is -0.705. The van der Waals surface area contributed by atoms with Crippen LogP contribution in [0.4, 0.5) is 17.3 Å². The van der Waals surface area contributed by atoms with E-state index < -0.39 is 11.7 Å². The van der Waals surface area contributed by atoms with Crippen LogP contribution in [0.15, 0.2) is 104 Å². The van der Waals surface area contributed by atoms with Crippen LogP contribution in [0.2, 0.25) is 0 Å². The molecule has 0 fully saturated rings. The predicted molar refractivity (Wildman–Crippen MR) is 128 cm³/mol. The van der Waals surface area contributed by atoms with E-state index >= 15 is 0 Å². The minimum Gasteiger partial charge on any atom is -0.324 e. The molecule has 0 spiro atoms. The molecule has 2 N–H and O–H groups in total.